The van der Waals surface area contributed by atoms with Crippen LogP contribution >= 0.6 is 0 Å². The fourth-order valence-corrected chi connectivity index (χ4v) is 2.38. The van der Waals surface area contributed by atoms with E-state index in [9.17, 15) is 9.18 Å². The van der Waals surface area contributed by atoms with E-state index in [1.807, 2.05) is 19.1 Å². The van der Waals surface area contributed by atoms with Gasteiger partial charge >= 0.3 is 5.97 Å². The van der Waals surface area contributed by atoms with Crippen molar-refractivity contribution in [3.8, 4) is 0 Å². The summed E-state index contributed by atoms with van der Waals surface area (Å²) in [5.74, 6) is 0.299. The molecular weight excluding hydrogens is 257 g/mol. The van der Waals surface area contributed by atoms with Crippen molar-refractivity contribution in [2.75, 3.05) is 13.2 Å². The third-order valence-electron chi connectivity index (χ3n) is 3.55. The molecule has 1 unspecified atom stereocenters. The summed E-state index contributed by atoms with van der Waals surface area (Å²) in [6, 6.07) is 6.97. The largest absolute Gasteiger partial charge is 0.466 e. The zero-order valence-electron chi connectivity index (χ0n) is 11.9. The minimum atomic E-state index is -0.203. The van der Waals surface area contributed by atoms with Crippen LogP contribution in [0.2, 0.25) is 0 Å². The van der Waals surface area contributed by atoms with Crippen LogP contribution in [0.25, 0.3) is 0 Å². The zero-order valence-corrected chi connectivity index (χ0v) is 11.9. The first kappa shape index (κ1) is 15.0. The number of carbonyl (C=O) groups is 1. The minimum absolute atomic E-state index is 0.140. The van der Waals surface area contributed by atoms with Crippen molar-refractivity contribution in [2.24, 2.45) is 5.92 Å². The van der Waals surface area contributed by atoms with E-state index in [1.165, 1.54) is 25.0 Å². The number of carbonyl (C=O) groups excluding carboxylic acids is 1. The first-order valence-corrected chi connectivity index (χ1v) is 7.35. The molecule has 0 amide bonds. The lowest BCUT2D eigenvalue weighted by Gasteiger charge is -2.18. The molecule has 1 saturated carbocycles. The van der Waals surface area contributed by atoms with Crippen LogP contribution in [0, 0.1) is 11.7 Å². The van der Waals surface area contributed by atoms with E-state index in [4.69, 9.17) is 4.74 Å². The molecule has 0 heterocycles. The Hall–Kier alpha value is -1.42. The third kappa shape index (κ3) is 4.60. The predicted molar refractivity (Wildman–Crippen MR) is 75.7 cm³/mol. The second kappa shape index (κ2) is 7.39. The summed E-state index contributed by atoms with van der Waals surface area (Å²) >= 11 is 0. The van der Waals surface area contributed by atoms with Crippen molar-refractivity contribution in [3.05, 3.63) is 35.6 Å². The number of halogens is 1. The fourth-order valence-electron chi connectivity index (χ4n) is 2.38. The second-order valence-electron chi connectivity index (χ2n) is 5.23. The smallest absolute Gasteiger partial charge is 0.305 e. The number of benzene rings is 1. The van der Waals surface area contributed by atoms with E-state index in [2.05, 4.69) is 5.32 Å². The molecular formula is C16H22FNO2. The maximum Gasteiger partial charge on any atom is 0.305 e. The Morgan fingerprint density at radius 1 is 1.40 bits per heavy atom. The van der Waals surface area contributed by atoms with Crippen LogP contribution in [-0.2, 0) is 9.53 Å². The Bertz CT molecular complexity index is 429. The lowest BCUT2D eigenvalue weighted by atomic mass is 10.0. The van der Waals surface area contributed by atoms with Crippen molar-refractivity contribution in [1.82, 2.24) is 5.32 Å². The Labute approximate surface area is 119 Å². The van der Waals surface area contributed by atoms with Crippen LogP contribution in [0.4, 0.5) is 4.39 Å². The summed E-state index contributed by atoms with van der Waals surface area (Å²) in [5.41, 5.74) is 1.13. The SMILES string of the molecule is CCOC(=O)CCCNC(c1ccc(F)cc1)C1CC1. The molecule has 1 aliphatic rings. The van der Waals surface area contributed by atoms with Gasteiger partial charge in [-0.1, -0.05) is 12.1 Å². The molecule has 1 aliphatic carbocycles. The van der Waals surface area contributed by atoms with Gasteiger partial charge in [-0.3, -0.25) is 4.79 Å². The van der Waals surface area contributed by atoms with Crippen molar-refractivity contribution in [2.45, 2.75) is 38.6 Å². The second-order valence-corrected chi connectivity index (χ2v) is 5.23. The molecule has 110 valence electrons. The molecule has 0 radical (unpaired) electrons. The predicted octanol–water partition coefficient (Wildman–Crippen LogP) is 3.21. The van der Waals surface area contributed by atoms with Gasteiger partial charge in [0.1, 0.15) is 5.82 Å². The highest BCUT2D eigenvalue weighted by Crippen LogP contribution is 2.40. The molecule has 0 aromatic heterocycles. The summed E-state index contributed by atoms with van der Waals surface area (Å²) in [7, 11) is 0. The van der Waals surface area contributed by atoms with Crippen molar-refractivity contribution in [3.63, 3.8) is 0 Å². The van der Waals surface area contributed by atoms with Gasteiger partial charge in [0.25, 0.3) is 0 Å². The normalized spacial score (nSPS) is 15.9. The molecule has 1 aromatic rings. The van der Waals surface area contributed by atoms with E-state index in [1.54, 1.807) is 0 Å². The van der Waals surface area contributed by atoms with E-state index in [-0.39, 0.29) is 17.8 Å². The number of nitrogens with one attached hydrogen (secondary N) is 1. The Morgan fingerprint density at radius 3 is 2.70 bits per heavy atom. The Kier molecular flexibility index (Phi) is 5.53. The van der Waals surface area contributed by atoms with Crippen LogP contribution in [0.5, 0.6) is 0 Å². The molecule has 1 aromatic carbocycles. The van der Waals surface area contributed by atoms with Crippen LogP contribution < -0.4 is 5.32 Å². The molecule has 0 saturated heterocycles. The van der Waals surface area contributed by atoms with E-state index in [0.717, 1.165) is 18.5 Å². The summed E-state index contributed by atoms with van der Waals surface area (Å²) in [6.07, 6.45) is 3.64. The Morgan fingerprint density at radius 2 is 2.10 bits per heavy atom. The molecule has 4 heteroatoms. The molecule has 0 spiro atoms. The summed E-state index contributed by atoms with van der Waals surface area (Å²) in [5, 5.41) is 3.48. The highest BCUT2D eigenvalue weighted by atomic mass is 19.1. The molecule has 1 atom stereocenters. The third-order valence-corrected chi connectivity index (χ3v) is 3.55. The minimum Gasteiger partial charge on any atom is -0.466 e. The fraction of sp³-hybridized carbons (Fsp3) is 0.562. The number of esters is 1. The van der Waals surface area contributed by atoms with Crippen LogP contribution in [0.3, 0.4) is 0 Å². The summed E-state index contributed by atoms with van der Waals surface area (Å²) in [4.78, 5) is 11.2. The molecule has 20 heavy (non-hydrogen) atoms. The van der Waals surface area contributed by atoms with Gasteiger partial charge in [0.15, 0.2) is 0 Å². The standard InChI is InChI=1S/C16H22FNO2/c1-2-20-15(19)4-3-11-18-16(12-5-6-12)13-7-9-14(17)10-8-13/h7-10,12,16,18H,2-6,11H2,1H3. The highest BCUT2D eigenvalue weighted by molar-refractivity contribution is 5.69. The quantitative estimate of drug-likeness (QED) is 0.586. The number of hydrogen-bond donors (Lipinski definition) is 1. The monoisotopic (exact) mass is 279 g/mol. The molecule has 2 rings (SSSR count). The van der Waals surface area contributed by atoms with Crippen LogP contribution in [-0.4, -0.2) is 19.1 Å². The van der Waals surface area contributed by atoms with Gasteiger partial charge < -0.3 is 10.1 Å². The topological polar surface area (TPSA) is 38.3 Å². The van der Waals surface area contributed by atoms with Gasteiger partial charge in [-0.25, -0.2) is 4.39 Å². The van der Waals surface area contributed by atoms with Gasteiger partial charge in [0, 0.05) is 12.5 Å². The maximum absolute atomic E-state index is 13.0. The van der Waals surface area contributed by atoms with Gasteiger partial charge in [-0.2, -0.15) is 0 Å². The van der Waals surface area contributed by atoms with E-state index < -0.39 is 0 Å². The number of ether oxygens (including phenoxy) is 1. The molecule has 1 N–H and O–H groups in total. The van der Waals surface area contributed by atoms with Gasteiger partial charge in [-0.05, 0) is 56.3 Å². The van der Waals surface area contributed by atoms with Gasteiger partial charge in [0.2, 0.25) is 0 Å². The van der Waals surface area contributed by atoms with Crippen molar-refractivity contribution in [1.29, 1.82) is 0 Å². The summed E-state index contributed by atoms with van der Waals surface area (Å²) in [6.45, 7) is 3.03. The van der Waals surface area contributed by atoms with Crippen molar-refractivity contribution < 1.29 is 13.9 Å². The molecule has 1 fully saturated rings. The van der Waals surface area contributed by atoms with Crippen LogP contribution in [0.1, 0.15) is 44.2 Å². The van der Waals surface area contributed by atoms with Crippen LogP contribution in [0.15, 0.2) is 24.3 Å². The molecule has 3 nitrogen and oxygen atoms in total. The first-order valence-electron chi connectivity index (χ1n) is 7.35. The Balaban J connectivity index is 1.78. The van der Waals surface area contributed by atoms with Crippen molar-refractivity contribution >= 4 is 5.97 Å². The number of hydrogen-bond acceptors (Lipinski definition) is 3. The average Bonchev–Trinajstić information content (AvgIpc) is 3.25. The zero-order chi connectivity index (χ0) is 14.4. The lowest BCUT2D eigenvalue weighted by molar-refractivity contribution is -0.143. The van der Waals surface area contributed by atoms with Gasteiger partial charge in [0.05, 0.1) is 6.61 Å². The van der Waals surface area contributed by atoms with Gasteiger partial charge in [-0.15, -0.1) is 0 Å². The average molecular weight is 279 g/mol. The first-order chi connectivity index (χ1) is 9.70. The number of rotatable bonds is 8. The van der Waals surface area contributed by atoms with E-state index >= 15 is 0 Å². The maximum atomic E-state index is 13.0. The molecule has 0 aliphatic heterocycles. The molecule has 0 bridgehead atoms. The summed E-state index contributed by atoms with van der Waals surface area (Å²) < 4.78 is 17.9. The van der Waals surface area contributed by atoms with E-state index in [0.29, 0.717) is 18.9 Å². The highest BCUT2D eigenvalue weighted by Gasteiger charge is 2.31. The lowest BCUT2D eigenvalue weighted by Crippen LogP contribution is -2.24.